The lowest BCUT2D eigenvalue weighted by Crippen LogP contribution is -2.52. The summed E-state index contributed by atoms with van der Waals surface area (Å²) in [7, 11) is -1.98. The van der Waals surface area contributed by atoms with Crippen LogP contribution in [0.25, 0.3) is 0 Å². The minimum absolute atomic E-state index is 0.155. The maximum absolute atomic E-state index is 11.2. The molecule has 208 valence electrons. The second kappa shape index (κ2) is 10.0. The van der Waals surface area contributed by atoms with Gasteiger partial charge < -0.3 is 9.53 Å². The standard InChI is InChI=1S/C33H60O2Si/c1-22(2)12-11-13-23(3)25-16-17-26-24-14-15-28-30(35-36(9,10)31(4,5)6)29(34)19-21-33(28,8)27(24)18-20-32(25,26)7/h22-27,29,34H,11-21H2,1-10H3/t23-,24+,25-,26+,27+,29+,32-,33-/m1/s1. The fourth-order valence-corrected chi connectivity index (χ4v) is 10.5. The van der Waals surface area contributed by atoms with E-state index >= 15 is 0 Å². The van der Waals surface area contributed by atoms with Crippen LogP contribution in [0.4, 0.5) is 0 Å². The lowest BCUT2D eigenvalue weighted by atomic mass is 9.46. The van der Waals surface area contributed by atoms with Crippen LogP contribution in [0.3, 0.4) is 0 Å². The normalized spacial score (nSPS) is 40.1. The molecule has 0 amide bonds. The van der Waals surface area contributed by atoms with Crippen molar-refractivity contribution in [3.63, 3.8) is 0 Å². The fourth-order valence-electron chi connectivity index (χ4n) is 9.39. The van der Waals surface area contributed by atoms with Crippen molar-refractivity contribution in [2.45, 2.75) is 150 Å². The van der Waals surface area contributed by atoms with Gasteiger partial charge >= 0.3 is 0 Å². The summed E-state index contributed by atoms with van der Waals surface area (Å²) in [4.78, 5) is 0. The van der Waals surface area contributed by atoms with Gasteiger partial charge in [0.2, 0.25) is 8.32 Å². The van der Waals surface area contributed by atoms with Crippen molar-refractivity contribution >= 4 is 8.32 Å². The number of hydrogen-bond acceptors (Lipinski definition) is 2. The Morgan fingerprint density at radius 2 is 1.64 bits per heavy atom. The Labute approximate surface area is 225 Å². The van der Waals surface area contributed by atoms with E-state index in [-0.39, 0.29) is 10.5 Å². The third kappa shape index (κ3) is 4.91. The Morgan fingerprint density at radius 3 is 2.28 bits per heavy atom. The molecule has 2 nitrogen and oxygen atoms in total. The molecule has 3 fully saturated rings. The molecule has 0 radical (unpaired) electrons. The molecule has 4 rings (SSSR count). The summed E-state index contributed by atoms with van der Waals surface area (Å²) in [6.07, 6.45) is 14.1. The second-order valence-corrected chi connectivity index (χ2v) is 20.8. The first-order valence-electron chi connectivity index (χ1n) is 15.7. The zero-order valence-corrected chi connectivity index (χ0v) is 26.7. The van der Waals surface area contributed by atoms with E-state index in [2.05, 4.69) is 68.5 Å². The van der Waals surface area contributed by atoms with Crippen molar-refractivity contribution in [1.29, 1.82) is 0 Å². The molecule has 4 aliphatic rings. The highest BCUT2D eigenvalue weighted by Crippen LogP contribution is 2.68. The Bertz CT molecular complexity index is 822. The molecular weight excluding hydrogens is 456 g/mol. The largest absolute Gasteiger partial charge is 0.545 e. The van der Waals surface area contributed by atoms with Gasteiger partial charge in [0.25, 0.3) is 0 Å². The summed E-state index contributed by atoms with van der Waals surface area (Å²) in [5, 5.41) is 11.3. The van der Waals surface area contributed by atoms with Crippen LogP contribution in [0.2, 0.25) is 18.1 Å². The maximum Gasteiger partial charge on any atom is 0.250 e. The molecule has 1 N–H and O–H groups in total. The quantitative estimate of drug-likeness (QED) is 0.341. The number of aliphatic hydroxyl groups is 1. The average molecular weight is 517 g/mol. The van der Waals surface area contributed by atoms with Crippen LogP contribution in [0.5, 0.6) is 0 Å². The van der Waals surface area contributed by atoms with Crippen molar-refractivity contribution in [2.24, 2.45) is 46.3 Å². The maximum atomic E-state index is 11.2. The van der Waals surface area contributed by atoms with Crippen molar-refractivity contribution in [2.75, 3.05) is 0 Å². The number of aliphatic hydroxyl groups excluding tert-OH is 1. The highest BCUT2D eigenvalue weighted by Gasteiger charge is 2.60. The molecule has 3 saturated carbocycles. The van der Waals surface area contributed by atoms with E-state index in [4.69, 9.17) is 4.43 Å². The number of fused-ring (bicyclic) bond motifs is 5. The van der Waals surface area contributed by atoms with Gasteiger partial charge in [-0.1, -0.05) is 74.7 Å². The van der Waals surface area contributed by atoms with E-state index < -0.39 is 14.4 Å². The lowest BCUT2D eigenvalue weighted by molar-refractivity contribution is -0.0673. The second-order valence-electron chi connectivity index (χ2n) is 16.1. The van der Waals surface area contributed by atoms with Gasteiger partial charge in [-0.05, 0) is 121 Å². The summed E-state index contributed by atoms with van der Waals surface area (Å²) in [5.41, 5.74) is 2.29. The molecule has 0 heterocycles. The molecule has 0 aliphatic heterocycles. The molecule has 0 bridgehead atoms. The molecule has 0 aromatic carbocycles. The van der Waals surface area contributed by atoms with Gasteiger partial charge in [-0.15, -0.1) is 0 Å². The fraction of sp³-hybridized carbons (Fsp3) is 0.939. The van der Waals surface area contributed by atoms with Crippen molar-refractivity contribution < 1.29 is 9.53 Å². The molecule has 0 unspecified atom stereocenters. The van der Waals surface area contributed by atoms with E-state index in [9.17, 15) is 5.11 Å². The topological polar surface area (TPSA) is 29.5 Å². The molecule has 0 aromatic rings. The van der Waals surface area contributed by atoms with Gasteiger partial charge in [-0.2, -0.15) is 0 Å². The van der Waals surface area contributed by atoms with Gasteiger partial charge in [0.15, 0.2) is 0 Å². The predicted molar refractivity (Wildman–Crippen MR) is 156 cm³/mol. The Morgan fingerprint density at radius 1 is 0.944 bits per heavy atom. The zero-order valence-electron chi connectivity index (χ0n) is 25.7. The van der Waals surface area contributed by atoms with Crippen LogP contribution in [0, 0.1) is 46.3 Å². The Balaban J connectivity index is 1.56. The van der Waals surface area contributed by atoms with Crippen molar-refractivity contribution in [3.8, 4) is 0 Å². The third-order valence-electron chi connectivity index (χ3n) is 12.6. The number of rotatable bonds is 7. The number of hydrogen-bond donors (Lipinski definition) is 1. The van der Waals surface area contributed by atoms with Gasteiger partial charge in [0, 0.05) is 0 Å². The number of allylic oxidation sites excluding steroid dienone is 1. The highest BCUT2D eigenvalue weighted by atomic mass is 28.4. The summed E-state index contributed by atoms with van der Waals surface area (Å²) in [6, 6.07) is 0. The summed E-state index contributed by atoms with van der Waals surface area (Å²) < 4.78 is 6.95. The van der Waals surface area contributed by atoms with Crippen LogP contribution in [0.15, 0.2) is 11.3 Å². The molecule has 0 aromatic heterocycles. The van der Waals surface area contributed by atoms with Gasteiger partial charge in [-0.25, -0.2) is 0 Å². The minimum Gasteiger partial charge on any atom is -0.545 e. The first-order valence-corrected chi connectivity index (χ1v) is 18.6. The van der Waals surface area contributed by atoms with Crippen LogP contribution in [-0.2, 0) is 4.43 Å². The Hall–Kier alpha value is -0.283. The predicted octanol–water partition coefficient (Wildman–Crippen LogP) is 9.74. The van der Waals surface area contributed by atoms with Gasteiger partial charge in [-0.3, -0.25) is 0 Å². The molecule has 8 atom stereocenters. The summed E-state index contributed by atoms with van der Waals surface area (Å²) in [5.74, 6) is 6.21. The zero-order chi connectivity index (χ0) is 26.7. The summed E-state index contributed by atoms with van der Waals surface area (Å²) >= 11 is 0. The molecular formula is C33H60O2Si. The Kier molecular flexibility index (Phi) is 8.00. The molecule has 0 saturated heterocycles. The monoisotopic (exact) mass is 516 g/mol. The lowest BCUT2D eigenvalue weighted by Gasteiger charge is -2.59. The molecule has 4 aliphatic carbocycles. The molecule has 0 spiro atoms. The van der Waals surface area contributed by atoms with Crippen LogP contribution < -0.4 is 0 Å². The molecule has 36 heavy (non-hydrogen) atoms. The smallest absolute Gasteiger partial charge is 0.250 e. The van der Waals surface area contributed by atoms with Crippen LogP contribution in [-0.4, -0.2) is 19.5 Å². The first-order chi connectivity index (χ1) is 16.6. The van der Waals surface area contributed by atoms with E-state index in [0.717, 1.165) is 60.5 Å². The first kappa shape index (κ1) is 28.7. The SMILES string of the molecule is CC(C)CCC[C@@H](C)[C@H]1CC[C@H]2[C@@H]3CCC4=C(O[Si](C)(C)C(C)(C)C)[C@@H](O)CC[C@]4(C)[C@H]3CC[C@]12C. The van der Waals surface area contributed by atoms with Crippen molar-refractivity contribution in [1.82, 2.24) is 0 Å². The van der Waals surface area contributed by atoms with E-state index in [1.54, 1.807) is 0 Å². The highest BCUT2D eigenvalue weighted by molar-refractivity contribution is 6.74. The van der Waals surface area contributed by atoms with E-state index in [1.807, 2.05) is 0 Å². The minimum atomic E-state index is -1.98. The van der Waals surface area contributed by atoms with Crippen LogP contribution in [0.1, 0.15) is 126 Å². The van der Waals surface area contributed by atoms with Crippen molar-refractivity contribution in [3.05, 3.63) is 11.3 Å². The molecule has 3 heteroatoms. The van der Waals surface area contributed by atoms with Crippen LogP contribution >= 0.6 is 0 Å². The van der Waals surface area contributed by atoms with Gasteiger partial charge in [0.05, 0.1) is 0 Å². The van der Waals surface area contributed by atoms with E-state index in [1.165, 1.54) is 56.9 Å². The summed E-state index contributed by atoms with van der Waals surface area (Å²) in [6.45, 7) is 24.2. The van der Waals surface area contributed by atoms with Gasteiger partial charge in [0.1, 0.15) is 11.9 Å². The average Bonchev–Trinajstić information content (AvgIpc) is 3.12. The van der Waals surface area contributed by atoms with E-state index in [0.29, 0.717) is 5.41 Å². The third-order valence-corrected chi connectivity index (χ3v) is 16.9.